The van der Waals surface area contributed by atoms with Gasteiger partial charge in [-0.3, -0.25) is 0 Å². The molecule has 0 aliphatic rings. The lowest BCUT2D eigenvalue weighted by atomic mass is 9.86. The van der Waals surface area contributed by atoms with Crippen molar-refractivity contribution in [3.8, 4) is 0 Å². The lowest BCUT2D eigenvalue weighted by Crippen LogP contribution is -2.76. The van der Waals surface area contributed by atoms with E-state index in [-0.39, 0.29) is 0 Å². The summed E-state index contributed by atoms with van der Waals surface area (Å²) in [7, 11) is 0. The van der Waals surface area contributed by atoms with Crippen LogP contribution in [0, 0.1) is 0 Å². The van der Waals surface area contributed by atoms with Crippen LogP contribution in [0.3, 0.4) is 0 Å². The topological polar surface area (TPSA) is 26.3 Å². The predicted molar refractivity (Wildman–Crippen MR) is 76.4 cm³/mol. The molecule has 0 spiro atoms. The fraction of sp³-hybridized carbons (Fsp3) is 0.800. The Morgan fingerprint density at radius 3 is 1.00 bits per heavy atom. The van der Waals surface area contributed by atoms with E-state index in [1.807, 2.05) is 0 Å². The molecule has 0 radical (unpaired) electrons. The van der Waals surface area contributed by atoms with Crippen LogP contribution in [-0.2, 0) is 9.53 Å². The maximum absolute atomic E-state index is 13.6. The number of hydrogen-bond acceptors (Lipinski definition) is 2. The van der Waals surface area contributed by atoms with Crippen molar-refractivity contribution in [2.45, 2.75) is 65.9 Å². The van der Waals surface area contributed by atoms with Gasteiger partial charge in [-0.1, -0.05) is 6.58 Å². The molecule has 0 heterocycles. The summed E-state index contributed by atoms with van der Waals surface area (Å²) in [5.74, 6) is -82.6. The van der Waals surface area contributed by atoms with Crippen LogP contribution in [0.1, 0.15) is 6.42 Å². The molecule has 0 rings (SSSR count). The Kier molecular flexibility index (Phi) is 9.07. The van der Waals surface area contributed by atoms with E-state index in [2.05, 4.69) is 11.3 Å². The highest BCUT2D eigenvalue weighted by Gasteiger charge is 2.97. The third-order valence-corrected chi connectivity index (χ3v) is 4.45. The van der Waals surface area contributed by atoms with Crippen LogP contribution < -0.4 is 0 Å². The Bertz CT molecular complexity index is 928. The maximum Gasteiger partial charge on any atom is 0.460 e. The molecule has 232 valence electrons. The molecule has 39 heavy (non-hydrogen) atoms. The molecule has 24 heteroatoms. The fourth-order valence-electron chi connectivity index (χ4n) is 2.10. The SMILES string of the molecule is C=C(F)C(=O)OCCC(F)(F)C(F)(F)C(F)(F)C(F)(F)C(F)(F)C(F)(F)C(F)(F)C(F)(F)C(F)(F)C(F)(F)F. The zero-order valence-electron chi connectivity index (χ0n) is 17.3. The van der Waals surface area contributed by atoms with E-state index in [0.29, 0.717) is 0 Å². The monoisotopic (exact) mass is 636 g/mol. The minimum Gasteiger partial charge on any atom is -0.460 e. The van der Waals surface area contributed by atoms with Crippen LogP contribution in [0.4, 0.5) is 96.6 Å². The summed E-state index contributed by atoms with van der Waals surface area (Å²) >= 11 is 0. The van der Waals surface area contributed by atoms with E-state index in [1.165, 1.54) is 0 Å². The number of hydrogen-bond donors (Lipinski definition) is 0. The highest BCUT2D eigenvalue weighted by Crippen LogP contribution is 2.66. The summed E-state index contributed by atoms with van der Waals surface area (Å²) in [5, 5.41) is 0. The molecular formula is C15H6F22O2. The molecule has 0 fully saturated rings. The summed E-state index contributed by atoms with van der Waals surface area (Å²) in [6.07, 6.45) is -11.2. The average molecular weight is 636 g/mol. The van der Waals surface area contributed by atoms with Gasteiger partial charge in [-0.05, 0) is 0 Å². The zero-order valence-corrected chi connectivity index (χ0v) is 17.3. The molecule has 2 nitrogen and oxygen atoms in total. The minimum absolute atomic E-state index is 2.13. The van der Waals surface area contributed by atoms with Crippen molar-refractivity contribution in [3.05, 3.63) is 12.4 Å². The van der Waals surface area contributed by atoms with Gasteiger partial charge < -0.3 is 4.74 Å². The van der Waals surface area contributed by atoms with Gasteiger partial charge in [0.25, 0.3) is 0 Å². The minimum atomic E-state index is -9.26. The summed E-state index contributed by atoms with van der Waals surface area (Å²) < 4.78 is 292. The molecule has 0 aromatic carbocycles. The molecule has 0 amide bonds. The van der Waals surface area contributed by atoms with Gasteiger partial charge in [0.15, 0.2) is 0 Å². The third-order valence-electron chi connectivity index (χ3n) is 4.45. The Labute approximate surface area is 198 Å². The summed E-state index contributed by atoms with van der Waals surface area (Å²) in [6, 6.07) is 0. The van der Waals surface area contributed by atoms with Crippen molar-refractivity contribution in [2.24, 2.45) is 0 Å². The summed E-state index contributed by atoms with van der Waals surface area (Å²) in [6.45, 7) is -0.248. The van der Waals surface area contributed by atoms with Crippen LogP contribution in [0.2, 0.25) is 0 Å². The van der Waals surface area contributed by atoms with Gasteiger partial charge in [0.2, 0.25) is 5.83 Å². The molecule has 0 aliphatic heterocycles. The third kappa shape index (κ3) is 5.03. The zero-order chi connectivity index (χ0) is 32.3. The number of esters is 1. The Balaban J connectivity index is 6.78. The second kappa shape index (κ2) is 9.65. The fourth-order valence-corrected chi connectivity index (χ4v) is 2.10. The first-order valence-corrected chi connectivity index (χ1v) is 8.56. The van der Waals surface area contributed by atoms with Gasteiger partial charge in [0, 0.05) is 0 Å². The van der Waals surface area contributed by atoms with Crippen molar-refractivity contribution >= 4 is 5.97 Å². The van der Waals surface area contributed by atoms with Gasteiger partial charge in [-0.15, -0.1) is 0 Å². The highest BCUT2D eigenvalue weighted by atomic mass is 19.4. The molecule has 0 N–H and O–H groups in total. The van der Waals surface area contributed by atoms with Crippen LogP contribution in [-0.4, -0.2) is 72.1 Å². The van der Waals surface area contributed by atoms with Gasteiger partial charge in [0.05, 0.1) is 13.0 Å². The average Bonchev–Trinajstić information content (AvgIpc) is 2.71. The summed E-state index contributed by atoms with van der Waals surface area (Å²) in [4.78, 5) is 10.5. The first-order valence-electron chi connectivity index (χ1n) is 8.56. The number of halogens is 22. The number of carbonyl (C=O) groups is 1. The standard InChI is InChI=1S/C15H6F22O2/c1-4(16)5(38)39-3-2-6(17,18)7(19,20)8(21,22)9(23,24)10(25,26)11(27,28)12(29,30)13(31,32)14(33,34)15(35,36)37/h1-3H2. The Morgan fingerprint density at radius 1 is 0.487 bits per heavy atom. The quantitative estimate of drug-likeness (QED) is 0.125. The number of rotatable bonds is 12. The molecule has 0 unspecified atom stereocenters. The van der Waals surface area contributed by atoms with Crippen molar-refractivity contribution < 1.29 is 106 Å². The molecule has 0 aliphatic carbocycles. The number of carbonyl (C=O) groups excluding carboxylic acids is 1. The largest absolute Gasteiger partial charge is 0.460 e. The Hall–Kier alpha value is -2.33. The lowest BCUT2D eigenvalue weighted by Gasteiger charge is -2.44. The van der Waals surface area contributed by atoms with Crippen LogP contribution in [0.15, 0.2) is 12.4 Å². The normalized spacial score (nSPS) is 15.8. The number of ether oxygens (including phenoxy) is 1. The second-order valence-electron chi connectivity index (χ2n) is 7.09. The molecule has 0 saturated heterocycles. The molecule has 0 atom stereocenters. The number of alkyl halides is 21. The molecular weight excluding hydrogens is 630 g/mol. The highest BCUT2D eigenvalue weighted by molar-refractivity contribution is 5.85. The van der Waals surface area contributed by atoms with Crippen LogP contribution >= 0.6 is 0 Å². The van der Waals surface area contributed by atoms with Crippen LogP contribution in [0.25, 0.3) is 0 Å². The van der Waals surface area contributed by atoms with E-state index in [9.17, 15) is 101 Å². The van der Waals surface area contributed by atoms with E-state index in [1.54, 1.807) is 0 Å². The van der Waals surface area contributed by atoms with Gasteiger partial charge in [0.1, 0.15) is 0 Å². The van der Waals surface area contributed by atoms with Crippen LogP contribution in [0.5, 0.6) is 0 Å². The molecule has 0 bridgehead atoms. The van der Waals surface area contributed by atoms with Gasteiger partial charge in [-0.25, -0.2) is 4.79 Å². The van der Waals surface area contributed by atoms with Gasteiger partial charge >= 0.3 is 65.4 Å². The lowest BCUT2D eigenvalue weighted by molar-refractivity contribution is -0.474. The summed E-state index contributed by atoms with van der Waals surface area (Å²) in [5.41, 5.74) is 0. The first-order chi connectivity index (χ1) is 16.6. The van der Waals surface area contributed by atoms with Crippen molar-refractivity contribution in [2.75, 3.05) is 6.61 Å². The van der Waals surface area contributed by atoms with Crippen molar-refractivity contribution in [3.63, 3.8) is 0 Å². The molecule has 0 aromatic heterocycles. The smallest absolute Gasteiger partial charge is 0.460 e. The molecule has 0 aromatic rings. The van der Waals surface area contributed by atoms with Crippen molar-refractivity contribution in [1.29, 1.82) is 0 Å². The maximum atomic E-state index is 13.6. The van der Waals surface area contributed by atoms with E-state index in [4.69, 9.17) is 0 Å². The predicted octanol–water partition coefficient (Wildman–Crippen LogP) is 7.68. The second-order valence-corrected chi connectivity index (χ2v) is 7.09. The van der Waals surface area contributed by atoms with E-state index >= 15 is 0 Å². The van der Waals surface area contributed by atoms with E-state index in [0.717, 1.165) is 0 Å². The van der Waals surface area contributed by atoms with Gasteiger partial charge in [-0.2, -0.15) is 96.6 Å². The van der Waals surface area contributed by atoms with Crippen molar-refractivity contribution in [1.82, 2.24) is 0 Å². The Morgan fingerprint density at radius 2 is 0.744 bits per heavy atom. The first kappa shape index (κ1) is 36.7. The molecule has 0 saturated carbocycles. The van der Waals surface area contributed by atoms with E-state index < -0.39 is 84.3 Å².